The van der Waals surface area contributed by atoms with E-state index in [1.807, 2.05) is 0 Å². The lowest BCUT2D eigenvalue weighted by Crippen LogP contribution is -2.56. The van der Waals surface area contributed by atoms with Crippen molar-refractivity contribution >= 4 is 5.97 Å². The number of nitrogens with zero attached hydrogens (tertiary/aromatic N) is 2. The van der Waals surface area contributed by atoms with Crippen LogP contribution >= 0.6 is 0 Å². The molecule has 1 atom stereocenters. The minimum atomic E-state index is -0.0704. The fourth-order valence-corrected chi connectivity index (χ4v) is 3.55. The van der Waals surface area contributed by atoms with Crippen molar-refractivity contribution in [2.24, 2.45) is 0 Å². The normalized spacial score (nSPS) is 28.0. The molecule has 0 spiro atoms. The smallest absolute Gasteiger partial charge is 0.307 e. The summed E-state index contributed by atoms with van der Waals surface area (Å²) in [5.41, 5.74) is 0. The van der Waals surface area contributed by atoms with Crippen molar-refractivity contribution in [2.45, 2.75) is 57.0 Å². The standard InChI is InChI=1S/C15H28N2O2/c1-16-9-10-17(13-7-5-3-4-6-8-13)14(12-16)11-15(18)19-2/h13-14H,3-12H2,1-2H3. The molecule has 2 aliphatic rings. The van der Waals surface area contributed by atoms with E-state index in [4.69, 9.17) is 4.74 Å². The second kappa shape index (κ2) is 7.25. The topological polar surface area (TPSA) is 32.8 Å². The molecule has 0 radical (unpaired) electrons. The van der Waals surface area contributed by atoms with E-state index in [0.717, 1.165) is 19.6 Å². The molecule has 110 valence electrons. The van der Waals surface area contributed by atoms with E-state index >= 15 is 0 Å². The average Bonchev–Trinajstić information content (AvgIpc) is 2.67. The zero-order valence-electron chi connectivity index (χ0n) is 12.4. The van der Waals surface area contributed by atoms with Gasteiger partial charge in [-0.2, -0.15) is 0 Å². The zero-order chi connectivity index (χ0) is 13.7. The predicted octanol–water partition coefficient (Wildman–Crippen LogP) is 1.89. The number of rotatable bonds is 3. The van der Waals surface area contributed by atoms with Crippen molar-refractivity contribution in [2.75, 3.05) is 33.8 Å². The van der Waals surface area contributed by atoms with Gasteiger partial charge in [0.2, 0.25) is 0 Å². The Morgan fingerprint density at radius 2 is 1.84 bits per heavy atom. The minimum Gasteiger partial charge on any atom is -0.469 e. The van der Waals surface area contributed by atoms with Gasteiger partial charge in [-0.3, -0.25) is 9.69 Å². The van der Waals surface area contributed by atoms with Crippen molar-refractivity contribution in [1.29, 1.82) is 0 Å². The van der Waals surface area contributed by atoms with Crippen LogP contribution in [-0.2, 0) is 9.53 Å². The summed E-state index contributed by atoms with van der Waals surface area (Å²) < 4.78 is 4.86. The maximum absolute atomic E-state index is 11.6. The van der Waals surface area contributed by atoms with Gasteiger partial charge >= 0.3 is 5.97 Å². The van der Waals surface area contributed by atoms with Crippen LogP contribution in [-0.4, -0.2) is 61.6 Å². The van der Waals surface area contributed by atoms with Crippen LogP contribution in [0, 0.1) is 0 Å². The summed E-state index contributed by atoms with van der Waals surface area (Å²) in [5.74, 6) is -0.0704. The van der Waals surface area contributed by atoms with E-state index in [0.29, 0.717) is 18.5 Å². The Balaban J connectivity index is 1.99. The van der Waals surface area contributed by atoms with Gasteiger partial charge in [-0.1, -0.05) is 25.7 Å². The van der Waals surface area contributed by atoms with E-state index in [9.17, 15) is 4.79 Å². The molecule has 1 aliphatic carbocycles. The highest BCUT2D eigenvalue weighted by molar-refractivity contribution is 5.70. The lowest BCUT2D eigenvalue weighted by molar-refractivity contribution is -0.143. The number of esters is 1. The monoisotopic (exact) mass is 268 g/mol. The first-order valence-electron chi connectivity index (χ1n) is 7.72. The van der Waals surface area contributed by atoms with Gasteiger partial charge in [-0.25, -0.2) is 0 Å². The Bertz CT molecular complexity index is 288. The summed E-state index contributed by atoms with van der Waals surface area (Å²) in [6.45, 7) is 3.21. The van der Waals surface area contributed by atoms with Gasteiger partial charge in [0.15, 0.2) is 0 Å². The number of hydrogen-bond donors (Lipinski definition) is 0. The highest BCUT2D eigenvalue weighted by Crippen LogP contribution is 2.26. The Hall–Kier alpha value is -0.610. The van der Waals surface area contributed by atoms with Crippen LogP contribution < -0.4 is 0 Å². The maximum atomic E-state index is 11.6. The van der Waals surface area contributed by atoms with Gasteiger partial charge in [-0.15, -0.1) is 0 Å². The van der Waals surface area contributed by atoms with E-state index < -0.39 is 0 Å². The molecule has 2 fully saturated rings. The summed E-state index contributed by atoms with van der Waals surface area (Å²) in [6.07, 6.45) is 8.61. The first-order valence-corrected chi connectivity index (χ1v) is 7.72. The first kappa shape index (κ1) is 14.8. The SMILES string of the molecule is COC(=O)CC1CN(C)CCN1C1CCCCCC1. The molecule has 1 saturated heterocycles. The van der Waals surface area contributed by atoms with Gasteiger partial charge in [0.1, 0.15) is 0 Å². The van der Waals surface area contributed by atoms with Crippen LogP contribution in [0.3, 0.4) is 0 Å². The van der Waals surface area contributed by atoms with E-state index in [1.54, 1.807) is 0 Å². The Morgan fingerprint density at radius 1 is 1.16 bits per heavy atom. The molecule has 4 heteroatoms. The molecule has 1 unspecified atom stereocenters. The van der Waals surface area contributed by atoms with Crippen LogP contribution in [0.15, 0.2) is 0 Å². The largest absolute Gasteiger partial charge is 0.469 e. The third kappa shape index (κ3) is 4.18. The second-order valence-electron chi connectivity index (χ2n) is 6.08. The summed E-state index contributed by atoms with van der Waals surface area (Å²) in [4.78, 5) is 16.5. The van der Waals surface area contributed by atoms with Crippen molar-refractivity contribution < 1.29 is 9.53 Å². The molecule has 1 aliphatic heterocycles. The highest BCUT2D eigenvalue weighted by atomic mass is 16.5. The van der Waals surface area contributed by atoms with Crippen molar-refractivity contribution in [3.8, 4) is 0 Å². The van der Waals surface area contributed by atoms with E-state index in [-0.39, 0.29) is 5.97 Å². The molecule has 1 saturated carbocycles. The van der Waals surface area contributed by atoms with Gasteiger partial charge in [0.25, 0.3) is 0 Å². The van der Waals surface area contributed by atoms with Crippen LogP contribution in [0.1, 0.15) is 44.9 Å². The average molecular weight is 268 g/mol. The highest BCUT2D eigenvalue weighted by Gasteiger charge is 2.32. The van der Waals surface area contributed by atoms with E-state index in [1.165, 1.54) is 45.6 Å². The fraction of sp³-hybridized carbons (Fsp3) is 0.933. The van der Waals surface area contributed by atoms with Crippen LogP contribution in [0.25, 0.3) is 0 Å². The third-order valence-corrected chi connectivity index (χ3v) is 4.66. The predicted molar refractivity (Wildman–Crippen MR) is 76.1 cm³/mol. The van der Waals surface area contributed by atoms with Crippen molar-refractivity contribution in [1.82, 2.24) is 9.80 Å². The number of hydrogen-bond acceptors (Lipinski definition) is 4. The second-order valence-corrected chi connectivity index (χ2v) is 6.08. The Labute approximate surface area is 117 Å². The Morgan fingerprint density at radius 3 is 2.47 bits per heavy atom. The number of piperazine rings is 1. The number of carbonyl (C=O) groups is 1. The summed E-state index contributed by atoms with van der Waals surface area (Å²) >= 11 is 0. The molecule has 0 aromatic rings. The zero-order valence-corrected chi connectivity index (χ0v) is 12.4. The van der Waals surface area contributed by atoms with Gasteiger partial charge in [0, 0.05) is 31.7 Å². The molecule has 4 nitrogen and oxygen atoms in total. The lowest BCUT2D eigenvalue weighted by atomic mass is 10.0. The van der Waals surface area contributed by atoms with Crippen molar-refractivity contribution in [3.05, 3.63) is 0 Å². The lowest BCUT2D eigenvalue weighted by Gasteiger charge is -2.44. The molecule has 0 N–H and O–H groups in total. The first-order chi connectivity index (χ1) is 9.20. The number of methoxy groups -OCH3 is 1. The number of carbonyl (C=O) groups excluding carboxylic acids is 1. The molecule has 1 heterocycles. The fourth-order valence-electron chi connectivity index (χ4n) is 3.55. The molecule has 2 rings (SSSR count). The number of likely N-dealkylation sites (N-methyl/N-ethyl adjacent to an activating group) is 1. The van der Waals surface area contributed by atoms with Crippen molar-refractivity contribution in [3.63, 3.8) is 0 Å². The van der Waals surface area contributed by atoms with Gasteiger partial charge < -0.3 is 9.64 Å². The van der Waals surface area contributed by atoms with Crippen LogP contribution in [0.5, 0.6) is 0 Å². The maximum Gasteiger partial charge on any atom is 0.307 e. The molecule has 0 aromatic carbocycles. The van der Waals surface area contributed by atoms with Gasteiger partial charge in [-0.05, 0) is 19.9 Å². The molecule has 0 amide bonds. The molecule has 0 bridgehead atoms. The number of ether oxygens (including phenoxy) is 1. The quantitative estimate of drug-likeness (QED) is 0.578. The summed E-state index contributed by atoms with van der Waals surface area (Å²) in [5, 5.41) is 0. The minimum absolute atomic E-state index is 0.0704. The van der Waals surface area contributed by atoms with Gasteiger partial charge in [0.05, 0.1) is 13.5 Å². The summed E-state index contributed by atoms with van der Waals surface area (Å²) in [6, 6.07) is 1.03. The van der Waals surface area contributed by atoms with Crippen LogP contribution in [0.2, 0.25) is 0 Å². The molecule has 0 aromatic heterocycles. The molecular formula is C15H28N2O2. The Kier molecular flexibility index (Phi) is 5.64. The van der Waals surface area contributed by atoms with Crippen LogP contribution in [0.4, 0.5) is 0 Å². The summed E-state index contributed by atoms with van der Waals surface area (Å²) in [7, 11) is 3.64. The van der Waals surface area contributed by atoms with E-state index in [2.05, 4.69) is 16.8 Å². The molecular weight excluding hydrogens is 240 g/mol. The molecule has 19 heavy (non-hydrogen) atoms. The third-order valence-electron chi connectivity index (χ3n) is 4.66.